The molecule has 1 aliphatic carbocycles. The summed E-state index contributed by atoms with van der Waals surface area (Å²) in [5.41, 5.74) is 0.222. The molecule has 0 aromatic carbocycles. The van der Waals surface area contributed by atoms with Crippen LogP contribution in [0.2, 0.25) is 0 Å². The summed E-state index contributed by atoms with van der Waals surface area (Å²) in [6.07, 6.45) is 7.85. The lowest BCUT2D eigenvalue weighted by molar-refractivity contribution is 0.0519. The first kappa shape index (κ1) is 12.9. The van der Waals surface area contributed by atoms with Crippen LogP contribution in [-0.4, -0.2) is 24.1 Å². The molecule has 0 spiro atoms. The fraction of sp³-hybridized carbons (Fsp3) is 0.692. The first-order valence-electron chi connectivity index (χ1n) is 6.66. The average Bonchev–Trinajstić information content (AvgIpc) is 3.00. The molecule has 5 nitrogen and oxygen atoms in total. The standard InChI is InChI=1S/C13H20N2O3/c1-2-17-12(16)11-9-18-13(15-11)14-8-7-10-5-3-4-6-10/h9-10H,2-8H2,1H3,(H,14,15). The second kappa shape index (κ2) is 6.42. The summed E-state index contributed by atoms with van der Waals surface area (Å²) >= 11 is 0. The molecule has 0 bridgehead atoms. The summed E-state index contributed by atoms with van der Waals surface area (Å²) in [5, 5.41) is 3.10. The van der Waals surface area contributed by atoms with Crippen LogP contribution in [-0.2, 0) is 4.74 Å². The fourth-order valence-electron chi connectivity index (χ4n) is 2.34. The number of carbonyl (C=O) groups excluding carboxylic acids is 1. The van der Waals surface area contributed by atoms with Crippen LogP contribution in [0.4, 0.5) is 6.01 Å². The third-order valence-electron chi connectivity index (χ3n) is 3.29. The van der Waals surface area contributed by atoms with Crippen LogP contribution in [0.3, 0.4) is 0 Å². The van der Waals surface area contributed by atoms with Gasteiger partial charge in [-0.15, -0.1) is 0 Å². The molecule has 1 aromatic rings. The van der Waals surface area contributed by atoms with E-state index in [1.165, 1.54) is 31.9 Å². The first-order valence-corrected chi connectivity index (χ1v) is 6.66. The molecule has 1 heterocycles. The average molecular weight is 252 g/mol. The van der Waals surface area contributed by atoms with Gasteiger partial charge in [0.2, 0.25) is 0 Å². The number of ether oxygens (including phenoxy) is 1. The zero-order valence-electron chi connectivity index (χ0n) is 10.8. The molecule has 1 fully saturated rings. The number of esters is 1. The SMILES string of the molecule is CCOC(=O)c1coc(NCCC2CCCC2)n1. The smallest absolute Gasteiger partial charge is 0.360 e. The van der Waals surface area contributed by atoms with E-state index in [9.17, 15) is 4.79 Å². The number of carbonyl (C=O) groups is 1. The Morgan fingerprint density at radius 1 is 1.56 bits per heavy atom. The zero-order chi connectivity index (χ0) is 12.8. The summed E-state index contributed by atoms with van der Waals surface area (Å²) in [7, 11) is 0. The van der Waals surface area contributed by atoms with Crippen molar-refractivity contribution < 1.29 is 13.9 Å². The molecular formula is C13H20N2O3. The van der Waals surface area contributed by atoms with Crippen molar-refractivity contribution in [3.05, 3.63) is 12.0 Å². The Bertz CT molecular complexity index is 383. The van der Waals surface area contributed by atoms with Gasteiger partial charge in [0.1, 0.15) is 6.26 Å². The molecule has 1 saturated carbocycles. The van der Waals surface area contributed by atoms with Gasteiger partial charge in [0, 0.05) is 6.54 Å². The molecule has 5 heteroatoms. The lowest BCUT2D eigenvalue weighted by atomic mass is 10.0. The molecule has 1 aromatic heterocycles. The highest BCUT2D eigenvalue weighted by Gasteiger charge is 2.15. The minimum absolute atomic E-state index is 0.222. The normalized spacial score (nSPS) is 15.8. The topological polar surface area (TPSA) is 64.4 Å². The van der Waals surface area contributed by atoms with Crippen LogP contribution in [0.5, 0.6) is 0 Å². The summed E-state index contributed by atoms with van der Waals surface area (Å²) in [5.74, 6) is 0.391. The minimum atomic E-state index is -0.440. The van der Waals surface area contributed by atoms with Crippen LogP contribution in [0.15, 0.2) is 10.7 Å². The van der Waals surface area contributed by atoms with E-state index in [2.05, 4.69) is 10.3 Å². The van der Waals surface area contributed by atoms with Gasteiger partial charge in [0.05, 0.1) is 6.61 Å². The van der Waals surface area contributed by atoms with E-state index in [1.54, 1.807) is 6.92 Å². The van der Waals surface area contributed by atoms with Crippen molar-refractivity contribution in [2.45, 2.75) is 39.0 Å². The number of hydrogen-bond donors (Lipinski definition) is 1. The van der Waals surface area contributed by atoms with Gasteiger partial charge in [0.25, 0.3) is 6.01 Å². The highest BCUT2D eigenvalue weighted by atomic mass is 16.5. The quantitative estimate of drug-likeness (QED) is 0.789. The Labute approximate surface area is 107 Å². The van der Waals surface area contributed by atoms with Crippen LogP contribution < -0.4 is 5.32 Å². The summed E-state index contributed by atoms with van der Waals surface area (Å²) in [6, 6.07) is 0.399. The molecule has 18 heavy (non-hydrogen) atoms. The van der Waals surface area contributed by atoms with Gasteiger partial charge >= 0.3 is 5.97 Å². The molecule has 0 saturated heterocycles. The molecule has 1 N–H and O–H groups in total. The van der Waals surface area contributed by atoms with Gasteiger partial charge in [-0.05, 0) is 19.3 Å². The number of nitrogens with one attached hydrogen (secondary N) is 1. The Balaban J connectivity index is 1.74. The maximum atomic E-state index is 11.4. The van der Waals surface area contributed by atoms with Crippen molar-refractivity contribution >= 4 is 12.0 Å². The van der Waals surface area contributed by atoms with Crippen LogP contribution in [0.25, 0.3) is 0 Å². The maximum absolute atomic E-state index is 11.4. The number of hydrogen-bond acceptors (Lipinski definition) is 5. The number of aromatic nitrogens is 1. The summed E-state index contributed by atoms with van der Waals surface area (Å²) in [4.78, 5) is 15.4. The van der Waals surface area contributed by atoms with Crippen LogP contribution in [0, 0.1) is 5.92 Å². The van der Waals surface area contributed by atoms with Crippen LogP contribution >= 0.6 is 0 Å². The van der Waals surface area contributed by atoms with E-state index in [1.807, 2.05) is 0 Å². The van der Waals surface area contributed by atoms with E-state index < -0.39 is 5.97 Å². The number of oxazole rings is 1. The predicted octanol–water partition coefficient (Wildman–Crippen LogP) is 2.84. The van der Waals surface area contributed by atoms with Gasteiger partial charge < -0.3 is 14.5 Å². The van der Waals surface area contributed by atoms with E-state index in [0.29, 0.717) is 12.6 Å². The van der Waals surface area contributed by atoms with Gasteiger partial charge in [-0.25, -0.2) is 4.79 Å². The summed E-state index contributed by atoms with van der Waals surface area (Å²) < 4.78 is 10.0. The monoisotopic (exact) mass is 252 g/mol. The Hall–Kier alpha value is -1.52. The van der Waals surface area contributed by atoms with Gasteiger partial charge in [-0.2, -0.15) is 4.98 Å². The van der Waals surface area contributed by atoms with E-state index in [-0.39, 0.29) is 5.69 Å². The van der Waals surface area contributed by atoms with Crippen molar-refractivity contribution in [1.82, 2.24) is 4.98 Å². The Kier molecular flexibility index (Phi) is 4.61. The molecule has 0 amide bonds. The molecule has 0 aliphatic heterocycles. The number of rotatable bonds is 6. The predicted molar refractivity (Wildman–Crippen MR) is 67.5 cm³/mol. The van der Waals surface area contributed by atoms with Gasteiger partial charge in [-0.1, -0.05) is 25.7 Å². The van der Waals surface area contributed by atoms with Gasteiger partial charge in [0.15, 0.2) is 5.69 Å². The van der Waals surface area contributed by atoms with E-state index >= 15 is 0 Å². The molecule has 0 unspecified atom stereocenters. The molecule has 1 aliphatic rings. The second-order valence-electron chi connectivity index (χ2n) is 4.62. The number of anilines is 1. The van der Waals surface area contributed by atoms with Crippen molar-refractivity contribution in [2.75, 3.05) is 18.5 Å². The minimum Gasteiger partial charge on any atom is -0.461 e. The van der Waals surface area contributed by atoms with Crippen molar-refractivity contribution in [2.24, 2.45) is 5.92 Å². The molecular weight excluding hydrogens is 232 g/mol. The Morgan fingerprint density at radius 3 is 3.06 bits per heavy atom. The maximum Gasteiger partial charge on any atom is 0.360 e. The number of nitrogens with zero attached hydrogens (tertiary/aromatic N) is 1. The molecule has 2 rings (SSSR count). The fourth-order valence-corrected chi connectivity index (χ4v) is 2.34. The van der Waals surface area contributed by atoms with Gasteiger partial charge in [-0.3, -0.25) is 0 Å². The van der Waals surface area contributed by atoms with Crippen molar-refractivity contribution in [1.29, 1.82) is 0 Å². The Morgan fingerprint density at radius 2 is 2.33 bits per heavy atom. The highest BCUT2D eigenvalue weighted by molar-refractivity contribution is 5.87. The highest BCUT2D eigenvalue weighted by Crippen LogP contribution is 2.27. The zero-order valence-corrected chi connectivity index (χ0v) is 10.8. The van der Waals surface area contributed by atoms with Crippen LogP contribution in [0.1, 0.15) is 49.5 Å². The lowest BCUT2D eigenvalue weighted by Crippen LogP contribution is -2.08. The molecule has 0 radical (unpaired) electrons. The van der Waals surface area contributed by atoms with Crippen molar-refractivity contribution in [3.63, 3.8) is 0 Å². The van der Waals surface area contributed by atoms with Crippen molar-refractivity contribution in [3.8, 4) is 0 Å². The lowest BCUT2D eigenvalue weighted by Gasteiger charge is -2.07. The van der Waals surface area contributed by atoms with E-state index in [0.717, 1.165) is 18.9 Å². The summed E-state index contributed by atoms with van der Waals surface area (Å²) in [6.45, 7) is 2.95. The van der Waals surface area contributed by atoms with E-state index in [4.69, 9.17) is 9.15 Å². The second-order valence-corrected chi connectivity index (χ2v) is 4.62. The first-order chi connectivity index (χ1) is 8.79. The molecule has 100 valence electrons. The molecule has 0 atom stereocenters. The largest absolute Gasteiger partial charge is 0.461 e. The third-order valence-corrected chi connectivity index (χ3v) is 3.29. The third kappa shape index (κ3) is 3.48.